The maximum absolute atomic E-state index is 12.6. The van der Waals surface area contributed by atoms with Gasteiger partial charge in [0.2, 0.25) is 0 Å². The third-order valence-corrected chi connectivity index (χ3v) is 5.75. The predicted molar refractivity (Wildman–Crippen MR) is 98.9 cm³/mol. The molecule has 0 amide bonds. The van der Waals surface area contributed by atoms with Crippen molar-refractivity contribution in [2.45, 2.75) is 25.8 Å². The van der Waals surface area contributed by atoms with Gasteiger partial charge in [0, 0.05) is 16.0 Å². The number of halogens is 1. The minimum absolute atomic E-state index is 0.0439. The fraction of sp³-hybridized carbons (Fsp3) is 0.333. The van der Waals surface area contributed by atoms with Gasteiger partial charge in [0.05, 0.1) is 18.5 Å². The van der Waals surface area contributed by atoms with Gasteiger partial charge in [-0.3, -0.25) is 4.79 Å². The number of likely N-dealkylation sites (tertiary alicyclic amines) is 1. The second-order valence-electron chi connectivity index (χ2n) is 6.34. The van der Waals surface area contributed by atoms with Gasteiger partial charge in [0.15, 0.2) is 5.82 Å². The topological polar surface area (TPSA) is 50.2 Å². The Hall–Kier alpha value is -1.69. The molecule has 0 aliphatic carbocycles. The summed E-state index contributed by atoms with van der Waals surface area (Å²) >= 11 is 7.49. The van der Waals surface area contributed by atoms with Crippen molar-refractivity contribution in [3.8, 4) is 11.1 Å². The molecule has 124 valence electrons. The first-order valence-corrected chi connectivity index (χ1v) is 9.56. The number of rotatable bonds is 3. The normalized spacial score (nSPS) is 15.9. The molecule has 6 heteroatoms. The summed E-state index contributed by atoms with van der Waals surface area (Å²) in [6, 6.07) is 7.57. The van der Waals surface area contributed by atoms with E-state index in [0.29, 0.717) is 10.4 Å². The highest BCUT2D eigenvalue weighted by Crippen LogP contribution is 2.31. The van der Waals surface area contributed by atoms with Crippen molar-refractivity contribution >= 4 is 33.2 Å². The van der Waals surface area contributed by atoms with E-state index in [1.165, 1.54) is 48.6 Å². The standard InChI is InChI=1S/C18H18ClN3OS/c19-13-6-4-12(5-7-13)14-11-24-18-16(14)17(23)20-15(21-18)10-22-8-2-1-3-9-22/h4-7,11H,1-3,8-10H2,(H,20,21,23)/p+1. The first-order chi connectivity index (χ1) is 11.7. The third-order valence-electron chi connectivity index (χ3n) is 4.63. The number of H-pyrrole nitrogens is 1. The molecule has 0 atom stereocenters. The average molecular weight is 361 g/mol. The molecule has 1 aliphatic rings. The Bertz CT molecular complexity index is 910. The lowest BCUT2D eigenvalue weighted by atomic mass is 10.1. The molecule has 1 aromatic carbocycles. The number of nitrogens with one attached hydrogen (secondary N) is 2. The Labute approximate surface area is 149 Å². The van der Waals surface area contributed by atoms with E-state index < -0.39 is 0 Å². The molecule has 1 fully saturated rings. The summed E-state index contributed by atoms with van der Waals surface area (Å²) in [4.78, 5) is 22.7. The quantitative estimate of drug-likeness (QED) is 0.754. The van der Waals surface area contributed by atoms with Crippen LogP contribution in [0.3, 0.4) is 0 Å². The van der Waals surface area contributed by atoms with Crippen LogP contribution in [0.4, 0.5) is 0 Å². The number of fused-ring (bicyclic) bond motifs is 1. The van der Waals surface area contributed by atoms with E-state index in [1.807, 2.05) is 29.6 Å². The van der Waals surface area contributed by atoms with E-state index in [-0.39, 0.29) is 5.56 Å². The monoisotopic (exact) mass is 360 g/mol. The zero-order chi connectivity index (χ0) is 16.5. The molecule has 3 heterocycles. The highest BCUT2D eigenvalue weighted by atomic mass is 35.5. The fourth-order valence-electron chi connectivity index (χ4n) is 3.38. The van der Waals surface area contributed by atoms with Crippen molar-refractivity contribution in [3.63, 3.8) is 0 Å². The van der Waals surface area contributed by atoms with Crippen LogP contribution in [0.15, 0.2) is 34.4 Å². The smallest absolute Gasteiger partial charge is 0.260 e. The molecule has 1 aliphatic heterocycles. The maximum Gasteiger partial charge on any atom is 0.260 e. The Morgan fingerprint density at radius 2 is 1.92 bits per heavy atom. The van der Waals surface area contributed by atoms with Crippen molar-refractivity contribution in [3.05, 3.63) is 50.8 Å². The number of piperidine rings is 1. The summed E-state index contributed by atoms with van der Waals surface area (Å²) in [6.45, 7) is 3.14. The Morgan fingerprint density at radius 1 is 1.17 bits per heavy atom. The van der Waals surface area contributed by atoms with E-state index >= 15 is 0 Å². The molecule has 2 aromatic heterocycles. The van der Waals surface area contributed by atoms with Crippen molar-refractivity contribution < 1.29 is 4.90 Å². The minimum Gasteiger partial charge on any atom is -0.329 e. The summed E-state index contributed by atoms with van der Waals surface area (Å²) in [7, 11) is 0. The lowest BCUT2D eigenvalue weighted by Crippen LogP contribution is -3.11. The molecule has 0 saturated carbocycles. The predicted octanol–water partition coefficient (Wildman–Crippen LogP) is 2.87. The second-order valence-corrected chi connectivity index (χ2v) is 7.63. The zero-order valence-corrected chi connectivity index (χ0v) is 14.8. The molecule has 4 nitrogen and oxygen atoms in total. The molecule has 0 unspecified atom stereocenters. The van der Waals surface area contributed by atoms with Gasteiger partial charge in [-0.25, -0.2) is 4.98 Å². The summed E-state index contributed by atoms with van der Waals surface area (Å²) in [5, 5.41) is 3.38. The molecular weight excluding hydrogens is 342 g/mol. The van der Waals surface area contributed by atoms with Crippen LogP contribution in [0.1, 0.15) is 25.1 Å². The number of aromatic nitrogens is 2. The van der Waals surface area contributed by atoms with Gasteiger partial charge in [-0.2, -0.15) is 0 Å². The van der Waals surface area contributed by atoms with Crippen LogP contribution >= 0.6 is 22.9 Å². The van der Waals surface area contributed by atoms with E-state index in [9.17, 15) is 4.79 Å². The van der Waals surface area contributed by atoms with Crippen molar-refractivity contribution in [2.75, 3.05) is 13.1 Å². The van der Waals surface area contributed by atoms with Gasteiger partial charge in [0.25, 0.3) is 5.56 Å². The molecule has 1 saturated heterocycles. The average Bonchev–Trinajstić information content (AvgIpc) is 3.01. The van der Waals surface area contributed by atoms with Crippen LogP contribution < -0.4 is 10.5 Å². The fourth-order valence-corrected chi connectivity index (χ4v) is 4.48. The number of hydrogen-bond acceptors (Lipinski definition) is 3. The molecular formula is C18H19ClN3OS+. The van der Waals surface area contributed by atoms with Crippen LogP contribution in [-0.4, -0.2) is 23.1 Å². The van der Waals surface area contributed by atoms with Gasteiger partial charge in [-0.1, -0.05) is 23.7 Å². The third kappa shape index (κ3) is 3.11. The largest absolute Gasteiger partial charge is 0.329 e. The summed E-state index contributed by atoms with van der Waals surface area (Å²) in [5.41, 5.74) is 1.88. The molecule has 0 spiro atoms. The van der Waals surface area contributed by atoms with E-state index in [1.54, 1.807) is 0 Å². The lowest BCUT2D eigenvalue weighted by molar-refractivity contribution is -0.919. The minimum atomic E-state index is -0.0439. The molecule has 2 N–H and O–H groups in total. The van der Waals surface area contributed by atoms with Crippen LogP contribution in [0.2, 0.25) is 5.02 Å². The Balaban J connectivity index is 1.70. The van der Waals surface area contributed by atoms with Gasteiger partial charge < -0.3 is 9.88 Å². The van der Waals surface area contributed by atoms with Gasteiger partial charge in [-0.15, -0.1) is 11.3 Å². The van der Waals surface area contributed by atoms with E-state index in [2.05, 4.69) is 4.98 Å². The molecule has 3 aromatic rings. The zero-order valence-electron chi connectivity index (χ0n) is 13.3. The highest BCUT2D eigenvalue weighted by molar-refractivity contribution is 7.17. The summed E-state index contributed by atoms with van der Waals surface area (Å²) in [5.74, 6) is 0.800. The van der Waals surface area contributed by atoms with Gasteiger partial charge in [0.1, 0.15) is 11.4 Å². The number of quaternary nitrogens is 1. The number of hydrogen-bond donors (Lipinski definition) is 2. The maximum atomic E-state index is 12.6. The number of thiophene rings is 1. The second kappa shape index (κ2) is 6.67. The first kappa shape index (κ1) is 15.8. The van der Waals surface area contributed by atoms with Crippen LogP contribution in [0.5, 0.6) is 0 Å². The van der Waals surface area contributed by atoms with Crippen molar-refractivity contribution in [1.82, 2.24) is 9.97 Å². The number of nitrogens with zero attached hydrogens (tertiary/aromatic N) is 1. The Kier molecular flexibility index (Phi) is 4.39. The highest BCUT2D eigenvalue weighted by Gasteiger charge is 2.18. The summed E-state index contributed by atoms with van der Waals surface area (Å²) < 4.78 is 0. The Morgan fingerprint density at radius 3 is 2.67 bits per heavy atom. The summed E-state index contributed by atoms with van der Waals surface area (Å²) in [6.07, 6.45) is 3.85. The van der Waals surface area contributed by atoms with Crippen LogP contribution in [-0.2, 0) is 6.54 Å². The van der Waals surface area contributed by atoms with Gasteiger partial charge >= 0.3 is 0 Å². The first-order valence-electron chi connectivity index (χ1n) is 8.30. The molecule has 0 bridgehead atoms. The number of aromatic amines is 1. The van der Waals surface area contributed by atoms with Crippen molar-refractivity contribution in [1.29, 1.82) is 0 Å². The van der Waals surface area contributed by atoms with E-state index in [0.717, 1.165) is 28.3 Å². The van der Waals surface area contributed by atoms with Crippen molar-refractivity contribution in [2.24, 2.45) is 0 Å². The van der Waals surface area contributed by atoms with Crippen LogP contribution in [0.25, 0.3) is 21.3 Å². The van der Waals surface area contributed by atoms with Crippen LogP contribution in [0, 0.1) is 0 Å². The SMILES string of the molecule is O=c1[nH]c(C[NH+]2CCCCC2)nc2scc(-c3ccc(Cl)cc3)c12. The molecule has 4 rings (SSSR count). The van der Waals surface area contributed by atoms with E-state index in [4.69, 9.17) is 16.6 Å². The molecule has 24 heavy (non-hydrogen) atoms. The lowest BCUT2D eigenvalue weighted by Gasteiger charge is -2.22. The molecule has 0 radical (unpaired) electrons. The van der Waals surface area contributed by atoms with Gasteiger partial charge in [-0.05, 0) is 37.0 Å². The number of benzene rings is 1.